The van der Waals surface area contributed by atoms with Crippen LogP contribution in [0, 0.1) is 19.7 Å². The van der Waals surface area contributed by atoms with Gasteiger partial charge in [-0.3, -0.25) is 9.69 Å². The number of amides is 1. The quantitative estimate of drug-likeness (QED) is 0.393. The van der Waals surface area contributed by atoms with E-state index in [-0.39, 0.29) is 11.7 Å². The van der Waals surface area contributed by atoms with Gasteiger partial charge in [0.1, 0.15) is 5.82 Å². The Balaban J connectivity index is 1.44. The molecule has 1 saturated heterocycles. The summed E-state index contributed by atoms with van der Waals surface area (Å²) < 4.78 is 15.5. The first kappa shape index (κ1) is 26.4. The van der Waals surface area contributed by atoms with Crippen LogP contribution in [0.1, 0.15) is 47.4 Å². The molecule has 36 heavy (non-hydrogen) atoms. The number of halogens is 1. The van der Waals surface area contributed by atoms with Crippen LogP contribution in [0.25, 0.3) is 10.9 Å². The number of piperazine rings is 1. The highest BCUT2D eigenvalue weighted by atomic mass is 19.1. The standard InChI is InChI=1S/C30H41FN4O/c1-5-32(6-2)15-7-16-35-24(4)29(27-22-23(3)8-13-28(27)35)30(36)34-20-18-33(19-21-34)17-14-25-9-11-26(31)12-10-25/h8-13,22H,5-7,14-21H2,1-4H3. The third kappa shape index (κ3) is 5.98. The number of carbonyl (C=O) groups is 1. The molecule has 1 aliphatic heterocycles. The molecule has 3 aromatic rings. The van der Waals surface area contributed by atoms with E-state index in [1.54, 1.807) is 0 Å². The number of benzene rings is 2. The second kappa shape index (κ2) is 12.0. The summed E-state index contributed by atoms with van der Waals surface area (Å²) in [5.74, 6) is -0.0367. The summed E-state index contributed by atoms with van der Waals surface area (Å²) in [4.78, 5) is 20.7. The molecule has 2 aromatic carbocycles. The average Bonchev–Trinajstić information content (AvgIpc) is 3.16. The van der Waals surface area contributed by atoms with Crippen LogP contribution >= 0.6 is 0 Å². The Morgan fingerprint density at radius 2 is 1.64 bits per heavy atom. The highest BCUT2D eigenvalue weighted by Crippen LogP contribution is 2.29. The van der Waals surface area contributed by atoms with Gasteiger partial charge in [-0.2, -0.15) is 0 Å². The molecule has 0 aliphatic carbocycles. The average molecular weight is 493 g/mol. The maximum atomic E-state index is 13.8. The van der Waals surface area contributed by atoms with E-state index in [2.05, 4.69) is 60.3 Å². The summed E-state index contributed by atoms with van der Waals surface area (Å²) in [5.41, 5.74) is 5.45. The summed E-state index contributed by atoms with van der Waals surface area (Å²) in [7, 11) is 0. The molecule has 5 nitrogen and oxygen atoms in total. The van der Waals surface area contributed by atoms with Crippen LogP contribution < -0.4 is 0 Å². The fraction of sp³-hybridized carbons (Fsp3) is 0.500. The molecule has 0 bridgehead atoms. The molecule has 0 saturated carbocycles. The molecule has 2 heterocycles. The van der Waals surface area contributed by atoms with Gasteiger partial charge in [-0.1, -0.05) is 37.6 Å². The van der Waals surface area contributed by atoms with E-state index in [4.69, 9.17) is 0 Å². The monoisotopic (exact) mass is 492 g/mol. The van der Waals surface area contributed by atoms with E-state index >= 15 is 0 Å². The SMILES string of the molecule is CCN(CC)CCCn1c(C)c(C(=O)N2CCN(CCc3ccc(F)cc3)CC2)c2cc(C)ccc21. The summed E-state index contributed by atoms with van der Waals surface area (Å²) in [6.07, 6.45) is 1.97. The number of rotatable bonds is 10. The van der Waals surface area contributed by atoms with Crippen LogP contribution in [0.4, 0.5) is 4.39 Å². The molecule has 0 N–H and O–H groups in total. The lowest BCUT2D eigenvalue weighted by atomic mass is 10.1. The Hall–Kier alpha value is -2.70. The summed E-state index contributed by atoms with van der Waals surface area (Å²) in [5, 5.41) is 1.08. The van der Waals surface area contributed by atoms with Crippen molar-refractivity contribution in [2.45, 2.75) is 47.1 Å². The number of hydrogen-bond acceptors (Lipinski definition) is 3. The molecular weight excluding hydrogens is 451 g/mol. The molecule has 0 atom stereocenters. The van der Waals surface area contributed by atoms with Crippen molar-refractivity contribution in [3.8, 4) is 0 Å². The molecule has 1 amide bonds. The van der Waals surface area contributed by atoms with Crippen LogP contribution in [-0.4, -0.2) is 77.5 Å². The number of carbonyl (C=O) groups excluding carboxylic acids is 1. The summed E-state index contributed by atoms with van der Waals surface area (Å²) in [6.45, 7) is 16.9. The van der Waals surface area contributed by atoms with Crippen molar-refractivity contribution >= 4 is 16.8 Å². The van der Waals surface area contributed by atoms with Crippen LogP contribution in [-0.2, 0) is 13.0 Å². The Morgan fingerprint density at radius 3 is 2.31 bits per heavy atom. The summed E-state index contributed by atoms with van der Waals surface area (Å²) >= 11 is 0. The zero-order valence-electron chi connectivity index (χ0n) is 22.4. The maximum Gasteiger partial charge on any atom is 0.256 e. The van der Waals surface area contributed by atoms with Gasteiger partial charge in [-0.25, -0.2) is 4.39 Å². The topological polar surface area (TPSA) is 31.7 Å². The number of aryl methyl sites for hydroxylation is 2. The number of nitrogens with zero attached hydrogens (tertiary/aromatic N) is 4. The Morgan fingerprint density at radius 1 is 0.944 bits per heavy atom. The minimum atomic E-state index is -0.193. The van der Waals surface area contributed by atoms with Gasteiger partial charge in [0.05, 0.1) is 5.56 Å². The van der Waals surface area contributed by atoms with Crippen LogP contribution in [0.2, 0.25) is 0 Å². The largest absolute Gasteiger partial charge is 0.344 e. The fourth-order valence-corrected chi connectivity index (χ4v) is 5.42. The van der Waals surface area contributed by atoms with Crippen LogP contribution in [0.3, 0.4) is 0 Å². The minimum Gasteiger partial charge on any atom is -0.344 e. The zero-order chi connectivity index (χ0) is 25.7. The second-order valence-corrected chi connectivity index (χ2v) is 10.0. The first-order chi connectivity index (χ1) is 17.4. The van der Waals surface area contributed by atoms with Crippen molar-refractivity contribution in [3.63, 3.8) is 0 Å². The Kier molecular flexibility index (Phi) is 8.81. The Labute approximate surface area is 215 Å². The van der Waals surface area contributed by atoms with Gasteiger partial charge in [0.2, 0.25) is 0 Å². The maximum absolute atomic E-state index is 13.8. The first-order valence-corrected chi connectivity index (χ1v) is 13.5. The van der Waals surface area contributed by atoms with Crippen molar-refractivity contribution in [1.82, 2.24) is 19.3 Å². The van der Waals surface area contributed by atoms with Crippen molar-refractivity contribution in [3.05, 3.63) is 70.7 Å². The third-order valence-corrected chi connectivity index (χ3v) is 7.73. The Bertz CT molecular complexity index is 1160. The van der Waals surface area contributed by atoms with Crippen LogP contribution in [0.15, 0.2) is 42.5 Å². The highest BCUT2D eigenvalue weighted by Gasteiger charge is 2.27. The molecule has 194 valence electrons. The molecule has 0 unspecified atom stereocenters. The fourth-order valence-electron chi connectivity index (χ4n) is 5.42. The van der Waals surface area contributed by atoms with Gasteiger partial charge in [-0.15, -0.1) is 0 Å². The van der Waals surface area contributed by atoms with Crippen molar-refractivity contribution < 1.29 is 9.18 Å². The lowest BCUT2D eigenvalue weighted by Gasteiger charge is -2.35. The molecular formula is C30H41FN4O. The number of hydrogen-bond donors (Lipinski definition) is 0. The lowest BCUT2D eigenvalue weighted by Crippen LogP contribution is -2.49. The van der Waals surface area contributed by atoms with Crippen molar-refractivity contribution in [2.24, 2.45) is 0 Å². The highest BCUT2D eigenvalue weighted by molar-refractivity contribution is 6.08. The molecule has 1 aliphatic rings. The van der Waals surface area contributed by atoms with E-state index in [0.29, 0.717) is 0 Å². The van der Waals surface area contributed by atoms with Gasteiger partial charge in [0.15, 0.2) is 0 Å². The van der Waals surface area contributed by atoms with E-state index in [1.165, 1.54) is 23.2 Å². The van der Waals surface area contributed by atoms with Gasteiger partial charge in [-0.05, 0) is 76.2 Å². The van der Waals surface area contributed by atoms with E-state index in [1.807, 2.05) is 17.0 Å². The van der Waals surface area contributed by atoms with Crippen molar-refractivity contribution in [2.75, 3.05) is 52.4 Å². The van der Waals surface area contributed by atoms with E-state index < -0.39 is 0 Å². The smallest absolute Gasteiger partial charge is 0.256 e. The minimum absolute atomic E-state index is 0.156. The number of fused-ring (bicyclic) bond motifs is 1. The zero-order valence-corrected chi connectivity index (χ0v) is 22.4. The van der Waals surface area contributed by atoms with Crippen molar-refractivity contribution in [1.29, 1.82) is 0 Å². The lowest BCUT2D eigenvalue weighted by molar-refractivity contribution is 0.0639. The molecule has 6 heteroatoms. The predicted molar refractivity (Wildman–Crippen MR) is 146 cm³/mol. The van der Waals surface area contributed by atoms with Gasteiger partial charge >= 0.3 is 0 Å². The van der Waals surface area contributed by atoms with E-state index in [0.717, 1.165) is 94.0 Å². The van der Waals surface area contributed by atoms with E-state index in [9.17, 15) is 9.18 Å². The normalized spacial score (nSPS) is 14.8. The van der Waals surface area contributed by atoms with Gasteiger partial charge in [0.25, 0.3) is 5.91 Å². The van der Waals surface area contributed by atoms with Gasteiger partial charge in [0, 0.05) is 55.9 Å². The molecule has 1 aromatic heterocycles. The molecule has 0 spiro atoms. The predicted octanol–water partition coefficient (Wildman–Crippen LogP) is 5.13. The number of aromatic nitrogens is 1. The second-order valence-electron chi connectivity index (χ2n) is 10.0. The summed E-state index contributed by atoms with van der Waals surface area (Å²) in [6, 6.07) is 13.3. The molecule has 4 rings (SSSR count). The molecule has 0 radical (unpaired) electrons. The molecule has 1 fully saturated rings. The van der Waals surface area contributed by atoms with Gasteiger partial charge < -0.3 is 14.4 Å². The van der Waals surface area contributed by atoms with Crippen LogP contribution in [0.5, 0.6) is 0 Å². The third-order valence-electron chi connectivity index (χ3n) is 7.73. The first-order valence-electron chi connectivity index (χ1n) is 13.5.